The highest BCUT2D eigenvalue weighted by atomic mass is 16.5. The topological polar surface area (TPSA) is 46.5 Å². The van der Waals surface area contributed by atoms with E-state index in [1.54, 1.807) is 0 Å². The molecule has 0 rings (SSSR count). The zero-order valence-corrected chi connectivity index (χ0v) is 11.6. The van der Waals surface area contributed by atoms with Crippen molar-refractivity contribution in [3.05, 3.63) is 0 Å². The second kappa shape index (κ2) is 9.42. The monoisotopic (exact) mass is 246 g/mol. The van der Waals surface area contributed by atoms with Gasteiger partial charge in [-0.25, -0.2) is 0 Å². The number of quaternary nitrogens is 1. The Bertz CT molecular complexity index is 199. The Hall–Kier alpha value is -0.610. The van der Waals surface area contributed by atoms with E-state index in [0.717, 1.165) is 56.3 Å². The molecule has 0 aliphatic rings. The van der Waals surface area contributed by atoms with Crippen molar-refractivity contribution in [1.29, 1.82) is 0 Å². The number of ether oxygens (including phenoxy) is 1. The van der Waals surface area contributed by atoms with Gasteiger partial charge in [0.25, 0.3) is 0 Å². The first-order chi connectivity index (χ1) is 7.92. The van der Waals surface area contributed by atoms with Gasteiger partial charge in [0.2, 0.25) is 0 Å². The van der Waals surface area contributed by atoms with Gasteiger partial charge in [0.05, 0.1) is 27.7 Å². The largest absolute Gasteiger partial charge is 0.481 e. The number of aliphatic carboxylic acids is 1. The second-order valence-electron chi connectivity index (χ2n) is 5.54. The summed E-state index contributed by atoms with van der Waals surface area (Å²) in [5.41, 5.74) is 0. The smallest absolute Gasteiger partial charge is 0.303 e. The van der Waals surface area contributed by atoms with Gasteiger partial charge >= 0.3 is 5.97 Å². The molecule has 1 N–H and O–H groups in total. The number of likely N-dealkylation sites (N-methyl/N-ethyl adjacent to an activating group) is 1. The second-order valence-corrected chi connectivity index (χ2v) is 5.54. The van der Waals surface area contributed by atoms with Crippen LogP contribution in [0.1, 0.15) is 38.5 Å². The van der Waals surface area contributed by atoms with E-state index in [2.05, 4.69) is 21.1 Å². The van der Waals surface area contributed by atoms with E-state index >= 15 is 0 Å². The van der Waals surface area contributed by atoms with Crippen LogP contribution in [0.4, 0.5) is 0 Å². The highest BCUT2D eigenvalue weighted by Crippen LogP contribution is 2.05. The minimum absolute atomic E-state index is 0.306. The molecule has 0 saturated heterocycles. The first kappa shape index (κ1) is 16.4. The van der Waals surface area contributed by atoms with Crippen LogP contribution in [0.3, 0.4) is 0 Å². The van der Waals surface area contributed by atoms with Crippen LogP contribution in [-0.2, 0) is 9.53 Å². The summed E-state index contributed by atoms with van der Waals surface area (Å²) in [5.74, 6) is -0.686. The van der Waals surface area contributed by atoms with Crippen LogP contribution in [0.5, 0.6) is 0 Å². The molecule has 0 aromatic heterocycles. The average molecular weight is 246 g/mol. The summed E-state index contributed by atoms with van der Waals surface area (Å²) >= 11 is 0. The molecule has 102 valence electrons. The Labute approximate surface area is 105 Å². The lowest BCUT2D eigenvalue weighted by Gasteiger charge is -2.23. The van der Waals surface area contributed by atoms with Crippen molar-refractivity contribution in [3.63, 3.8) is 0 Å². The average Bonchev–Trinajstić information content (AvgIpc) is 2.18. The van der Waals surface area contributed by atoms with Gasteiger partial charge in [-0.2, -0.15) is 0 Å². The predicted octanol–water partition coefficient (Wildman–Crippen LogP) is 2.13. The minimum atomic E-state index is -0.686. The van der Waals surface area contributed by atoms with E-state index in [9.17, 15) is 4.79 Å². The Balaban J connectivity index is 3.06. The molecule has 0 radical (unpaired) electrons. The molecule has 0 fully saturated rings. The summed E-state index contributed by atoms with van der Waals surface area (Å²) in [6, 6.07) is 0. The molecular weight excluding hydrogens is 218 g/mol. The zero-order valence-electron chi connectivity index (χ0n) is 11.6. The number of unbranched alkanes of at least 4 members (excludes halogenated alkanes) is 4. The quantitative estimate of drug-likeness (QED) is 0.449. The molecule has 0 amide bonds. The van der Waals surface area contributed by atoms with E-state index in [0.29, 0.717) is 6.42 Å². The maximum absolute atomic E-state index is 10.3. The van der Waals surface area contributed by atoms with Crippen LogP contribution in [0.15, 0.2) is 0 Å². The molecule has 17 heavy (non-hydrogen) atoms. The van der Waals surface area contributed by atoms with Gasteiger partial charge in [-0.05, 0) is 12.8 Å². The SMILES string of the molecule is C[N+](C)(C)CCOCCCCCCCC(=O)O. The molecule has 0 heterocycles. The number of hydrogen-bond donors (Lipinski definition) is 1. The van der Waals surface area contributed by atoms with Gasteiger partial charge in [-0.1, -0.05) is 19.3 Å². The zero-order chi connectivity index (χ0) is 13.1. The normalized spacial score (nSPS) is 11.7. The highest BCUT2D eigenvalue weighted by molar-refractivity contribution is 5.66. The third-order valence-electron chi connectivity index (χ3n) is 2.59. The maximum atomic E-state index is 10.3. The molecule has 4 nitrogen and oxygen atoms in total. The van der Waals surface area contributed by atoms with Crippen molar-refractivity contribution in [2.24, 2.45) is 0 Å². The van der Waals surface area contributed by atoms with Crippen molar-refractivity contribution in [3.8, 4) is 0 Å². The summed E-state index contributed by atoms with van der Waals surface area (Å²) in [6.07, 6.45) is 5.48. The van der Waals surface area contributed by atoms with Crippen LogP contribution >= 0.6 is 0 Å². The minimum Gasteiger partial charge on any atom is -0.481 e. The maximum Gasteiger partial charge on any atom is 0.303 e. The molecule has 0 spiro atoms. The Morgan fingerprint density at radius 3 is 2.18 bits per heavy atom. The standard InChI is InChI=1S/C13H27NO3/c1-14(2,3)10-12-17-11-8-6-4-5-7-9-13(15)16/h4-12H2,1-3H3/p+1. The van der Waals surface area contributed by atoms with Gasteiger partial charge in [-0.15, -0.1) is 0 Å². The molecule has 0 unspecified atom stereocenters. The first-order valence-electron chi connectivity index (χ1n) is 6.52. The highest BCUT2D eigenvalue weighted by Gasteiger charge is 2.05. The van der Waals surface area contributed by atoms with Crippen LogP contribution in [0.2, 0.25) is 0 Å². The van der Waals surface area contributed by atoms with E-state index in [1.807, 2.05) is 0 Å². The summed E-state index contributed by atoms with van der Waals surface area (Å²) in [6.45, 7) is 2.69. The predicted molar refractivity (Wildman–Crippen MR) is 69.1 cm³/mol. The molecule has 0 atom stereocenters. The van der Waals surface area contributed by atoms with E-state index < -0.39 is 5.97 Å². The fourth-order valence-electron chi connectivity index (χ4n) is 1.45. The summed E-state index contributed by atoms with van der Waals surface area (Å²) < 4.78 is 6.48. The molecule has 0 bridgehead atoms. The van der Waals surface area contributed by atoms with Gasteiger partial charge in [0.15, 0.2) is 0 Å². The molecule has 0 aliphatic carbocycles. The number of carbonyl (C=O) groups is 1. The number of carboxylic acids is 1. The van der Waals surface area contributed by atoms with Crippen molar-refractivity contribution in [2.75, 3.05) is 40.9 Å². The molecule has 0 saturated carbocycles. The molecule has 4 heteroatoms. The fraction of sp³-hybridized carbons (Fsp3) is 0.923. The Morgan fingerprint density at radius 2 is 1.59 bits per heavy atom. The number of rotatable bonds is 11. The number of carboxylic acid groups (broad SMARTS) is 1. The lowest BCUT2D eigenvalue weighted by atomic mass is 10.1. The van der Waals surface area contributed by atoms with Crippen molar-refractivity contribution < 1.29 is 19.1 Å². The van der Waals surface area contributed by atoms with Gasteiger partial charge in [0.1, 0.15) is 6.54 Å². The van der Waals surface area contributed by atoms with Gasteiger partial charge < -0.3 is 14.3 Å². The van der Waals surface area contributed by atoms with Crippen LogP contribution in [0.25, 0.3) is 0 Å². The summed E-state index contributed by atoms with van der Waals surface area (Å²) in [7, 11) is 6.48. The molecule has 0 aromatic carbocycles. The van der Waals surface area contributed by atoms with E-state index in [1.165, 1.54) is 0 Å². The Kier molecular flexibility index (Phi) is 9.09. The van der Waals surface area contributed by atoms with Crippen LogP contribution < -0.4 is 0 Å². The Morgan fingerprint density at radius 1 is 1.00 bits per heavy atom. The number of hydrogen-bond acceptors (Lipinski definition) is 2. The summed E-state index contributed by atoms with van der Waals surface area (Å²) in [5, 5.41) is 8.46. The van der Waals surface area contributed by atoms with Crippen molar-refractivity contribution >= 4 is 5.97 Å². The van der Waals surface area contributed by atoms with E-state index in [4.69, 9.17) is 9.84 Å². The third-order valence-corrected chi connectivity index (χ3v) is 2.59. The lowest BCUT2D eigenvalue weighted by molar-refractivity contribution is -0.870. The van der Waals surface area contributed by atoms with Crippen molar-refractivity contribution in [1.82, 2.24) is 0 Å². The van der Waals surface area contributed by atoms with Crippen LogP contribution in [-0.4, -0.2) is 56.5 Å². The fourth-order valence-corrected chi connectivity index (χ4v) is 1.45. The number of nitrogens with zero attached hydrogens (tertiary/aromatic N) is 1. The summed E-state index contributed by atoms with van der Waals surface area (Å²) in [4.78, 5) is 10.3. The lowest BCUT2D eigenvalue weighted by Crippen LogP contribution is -2.37. The van der Waals surface area contributed by atoms with Gasteiger partial charge in [0, 0.05) is 13.0 Å². The molecular formula is C13H28NO3+. The molecule has 0 aliphatic heterocycles. The molecule has 0 aromatic rings. The first-order valence-corrected chi connectivity index (χ1v) is 6.52. The van der Waals surface area contributed by atoms with Gasteiger partial charge in [-0.3, -0.25) is 4.79 Å². The third kappa shape index (κ3) is 15.4. The van der Waals surface area contributed by atoms with E-state index in [-0.39, 0.29) is 0 Å². The van der Waals surface area contributed by atoms with Crippen LogP contribution in [0, 0.1) is 0 Å². The van der Waals surface area contributed by atoms with Crippen molar-refractivity contribution in [2.45, 2.75) is 38.5 Å².